The SMILES string of the molecule is CN1CCCC1c1ncc[nH]1. The van der Waals surface area contributed by atoms with Gasteiger partial charge in [-0.3, -0.25) is 4.90 Å². The molecule has 1 unspecified atom stereocenters. The van der Waals surface area contributed by atoms with Crippen LogP contribution >= 0.6 is 0 Å². The molecule has 1 aliphatic heterocycles. The van der Waals surface area contributed by atoms with Crippen molar-refractivity contribution in [3.05, 3.63) is 18.2 Å². The molecule has 0 spiro atoms. The second kappa shape index (κ2) is 2.66. The molecule has 1 fully saturated rings. The second-order valence-electron chi connectivity index (χ2n) is 3.11. The van der Waals surface area contributed by atoms with E-state index in [1.807, 2.05) is 12.4 Å². The summed E-state index contributed by atoms with van der Waals surface area (Å²) in [7, 11) is 2.15. The molecule has 1 saturated heterocycles. The first-order valence-corrected chi connectivity index (χ1v) is 4.07. The van der Waals surface area contributed by atoms with Crippen LogP contribution in [0.2, 0.25) is 0 Å². The van der Waals surface area contributed by atoms with E-state index < -0.39 is 0 Å². The molecule has 3 heteroatoms. The van der Waals surface area contributed by atoms with E-state index in [0.29, 0.717) is 6.04 Å². The number of hydrogen-bond donors (Lipinski definition) is 1. The van der Waals surface area contributed by atoms with Crippen LogP contribution < -0.4 is 0 Å². The first-order valence-electron chi connectivity index (χ1n) is 4.07. The maximum absolute atomic E-state index is 4.25. The van der Waals surface area contributed by atoms with E-state index in [-0.39, 0.29) is 0 Å². The Kier molecular flexibility index (Phi) is 1.66. The maximum atomic E-state index is 4.25. The average molecular weight is 151 g/mol. The molecule has 0 aromatic carbocycles. The number of rotatable bonds is 1. The van der Waals surface area contributed by atoms with Crippen LogP contribution in [0.5, 0.6) is 0 Å². The highest BCUT2D eigenvalue weighted by Crippen LogP contribution is 2.27. The van der Waals surface area contributed by atoms with E-state index >= 15 is 0 Å². The van der Waals surface area contributed by atoms with Gasteiger partial charge in [-0.2, -0.15) is 0 Å². The minimum absolute atomic E-state index is 0.532. The third kappa shape index (κ3) is 1.16. The molecule has 1 aliphatic rings. The molecule has 3 nitrogen and oxygen atoms in total. The number of hydrogen-bond acceptors (Lipinski definition) is 2. The standard InChI is InChI=1S/C8H13N3/c1-11-6-2-3-7(11)8-9-4-5-10-8/h4-5,7H,2-3,6H2,1H3,(H,9,10). The summed E-state index contributed by atoms with van der Waals surface area (Å²) in [6.07, 6.45) is 6.24. The van der Waals surface area contributed by atoms with Crippen LogP contribution in [0.25, 0.3) is 0 Å². The number of nitrogens with one attached hydrogen (secondary N) is 1. The van der Waals surface area contributed by atoms with Gasteiger partial charge >= 0.3 is 0 Å². The fourth-order valence-corrected chi connectivity index (χ4v) is 1.72. The van der Waals surface area contributed by atoms with Crippen molar-refractivity contribution < 1.29 is 0 Å². The molecule has 1 aromatic heterocycles. The number of aromatic amines is 1. The van der Waals surface area contributed by atoms with Crippen LogP contribution in [0.4, 0.5) is 0 Å². The summed E-state index contributed by atoms with van der Waals surface area (Å²) < 4.78 is 0. The largest absolute Gasteiger partial charge is 0.347 e. The molecule has 2 rings (SSSR count). The normalized spacial score (nSPS) is 26.1. The maximum Gasteiger partial charge on any atom is 0.123 e. The Morgan fingerprint density at radius 2 is 2.64 bits per heavy atom. The van der Waals surface area contributed by atoms with Gasteiger partial charge in [-0.05, 0) is 26.4 Å². The zero-order valence-corrected chi connectivity index (χ0v) is 6.75. The Hall–Kier alpha value is -0.830. The predicted molar refractivity (Wildman–Crippen MR) is 43.2 cm³/mol. The van der Waals surface area contributed by atoms with Gasteiger partial charge in [0.1, 0.15) is 5.82 Å². The lowest BCUT2D eigenvalue weighted by molar-refractivity contribution is 0.307. The zero-order valence-electron chi connectivity index (χ0n) is 6.75. The third-order valence-corrected chi connectivity index (χ3v) is 2.36. The molecule has 0 saturated carbocycles. The van der Waals surface area contributed by atoms with E-state index in [0.717, 1.165) is 5.82 Å². The number of imidazole rings is 1. The van der Waals surface area contributed by atoms with Gasteiger partial charge in [0.25, 0.3) is 0 Å². The van der Waals surface area contributed by atoms with Gasteiger partial charge in [0.2, 0.25) is 0 Å². The summed E-state index contributed by atoms with van der Waals surface area (Å²) in [6, 6.07) is 0.532. The number of likely N-dealkylation sites (tertiary alicyclic amines) is 1. The fourth-order valence-electron chi connectivity index (χ4n) is 1.72. The summed E-state index contributed by atoms with van der Waals surface area (Å²) in [5.41, 5.74) is 0. The predicted octanol–water partition coefficient (Wildman–Crippen LogP) is 1.18. The van der Waals surface area contributed by atoms with Crippen molar-refractivity contribution in [2.75, 3.05) is 13.6 Å². The summed E-state index contributed by atoms with van der Waals surface area (Å²) in [6.45, 7) is 1.20. The van der Waals surface area contributed by atoms with Crippen LogP contribution in [0, 0.1) is 0 Å². The molecule has 1 aromatic rings. The summed E-state index contributed by atoms with van der Waals surface area (Å²) in [5, 5.41) is 0. The second-order valence-corrected chi connectivity index (χ2v) is 3.11. The fraction of sp³-hybridized carbons (Fsp3) is 0.625. The first kappa shape index (κ1) is 6.85. The smallest absolute Gasteiger partial charge is 0.123 e. The Morgan fingerprint density at radius 1 is 1.73 bits per heavy atom. The van der Waals surface area contributed by atoms with Gasteiger partial charge in [0.15, 0.2) is 0 Å². The highest BCUT2D eigenvalue weighted by molar-refractivity contribution is 4.98. The van der Waals surface area contributed by atoms with E-state index in [4.69, 9.17) is 0 Å². The lowest BCUT2D eigenvalue weighted by Crippen LogP contribution is -2.18. The topological polar surface area (TPSA) is 31.9 Å². The zero-order chi connectivity index (χ0) is 7.68. The van der Waals surface area contributed by atoms with Crippen molar-refractivity contribution in [2.45, 2.75) is 18.9 Å². The van der Waals surface area contributed by atoms with Crippen LogP contribution in [0.1, 0.15) is 24.7 Å². The van der Waals surface area contributed by atoms with E-state index in [1.54, 1.807) is 0 Å². The molecule has 0 amide bonds. The Labute approximate surface area is 66.4 Å². The number of H-pyrrole nitrogens is 1. The van der Waals surface area contributed by atoms with Crippen molar-refractivity contribution in [1.29, 1.82) is 0 Å². The van der Waals surface area contributed by atoms with Gasteiger partial charge in [-0.15, -0.1) is 0 Å². The lowest BCUT2D eigenvalue weighted by atomic mass is 10.2. The molecule has 11 heavy (non-hydrogen) atoms. The van der Waals surface area contributed by atoms with E-state index in [2.05, 4.69) is 21.9 Å². The van der Waals surface area contributed by atoms with Crippen molar-refractivity contribution in [2.24, 2.45) is 0 Å². The average Bonchev–Trinajstić information content (AvgIpc) is 2.55. The van der Waals surface area contributed by atoms with Crippen molar-refractivity contribution in [3.63, 3.8) is 0 Å². The molecule has 0 aliphatic carbocycles. The molecule has 1 atom stereocenters. The van der Waals surface area contributed by atoms with E-state index in [1.165, 1.54) is 19.4 Å². The van der Waals surface area contributed by atoms with Crippen LogP contribution in [-0.4, -0.2) is 28.5 Å². The van der Waals surface area contributed by atoms with Gasteiger partial charge in [0.05, 0.1) is 6.04 Å². The molecular formula is C8H13N3. The molecular weight excluding hydrogens is 138 g/mol. The minimum Gasteiger partial charge on any atom is -0.347 e. The quantitative estimate of drug-likeness (QED) is 0.653. The van der Waals surface area contributed by atoms with Crippen molar-refractivity contribution >= 4 is 0 Å². The minimum atomic E-state index is 0.532. The highest BCUT2D eigenvalue weighted by Gasteiger charge is 2.23. The van der Waals surface area contributed by atoms with Crippen LogP contribution in [0.3, 0.4) is 0 Å². The summed E-state index contributed by atoms with van der Waals surface area (Å²) in [4.78, 5) is 9.75. The Morgan fingerprint density at radius 3 is 3.18 bits per heavy atom. The van der Waals surface area contributed by atoms with Crippen molar-refractivity contribution in [3.8, 4) is 0 Å². The summed E-state index contributed by atoms with van der Waals surface area (Å²) >= 11 is 0. The molecule has 0 radical (unpaired) electrons. The van der Waals surface area contributed by atoms with Gasteiger partial charge in [-0.25, -0.2) is 4.98 Å². The van der Waals surface area contributed by atoms with Crippen LogP contribution in [0.15, 0.2) is 12.4 Å². The third-order valence-electron chi connectivity index (χ3n) is 2.36. The Balaban J connectivity index is 2.16. The van der Waals surface area contributed by atoms with Crippen molar-refractivity contribution in [1.82, 2.24) is 14.9 Å². The number of nitrogens with zero attached hydrogens (tertiary/aromatic N) is 2. The van der Waals surface area contributed by atoms with Gasteiger partial charge < -0.3 is 4.98 Å². The summed E-state index contributed by atoms with van der Waals surface area (Å²) in [5.74, 6) is 1.12. The molecule has 1 N–H and O–H groups in total. The molecule has 60 valence electrons. The number of aromatic nitrogens is 2. The van der Waals surface area contributed by atoms with E-state index in [9.17, 15) is 0 Å². The van der Waals surface area contributed by atoms with Gasteiger partial charge in [-0.1, -0.05) is 0 Å². The Bertz CT molecular complexity index is 217. The highest BCUT2D eigenvalue weighted by atomic mass is 15.2. The first-order chi connectivity index (χ1) is 5.38. The van der Waals surface area contributed by atoms with Gasteiger partial charge in [0, 0.05) is 12.4 Å². The lowest BCUT2D eigenvalue weighted by Gasteiger charge is -2.16. The molecule has 2 heterocycles. The van der Waals surface area contributed by atoms with Crippen LogP contribution in [-0.2, 0) is 0 Å². The monoisotopic (exact) mass is 151 g/mol. The molecule has 0 bridgehead atoms.